The Morgan fingerprint density at radius 2 is 1.63 bits per heavy atom. The van der Waals surface area contributed by atoms with Crippen LogP contribution in [0.2, 0.25) is 0 Å². The summed E-state index contributed by atoms with van der Waals surface area (Å²) < 4.78 is 27.0. The van der Waals surface area contributed by atoms with Gasteiger partial charge >= 0.3 is 12.2 Å². The minimum absolute atomic E-state index is 0.0341. The summed E-state index contributed by atoms with van der Waals surface area (Å²) in [4.78, 5) is 72.8. The van der Waals surface area contributed by atoms with Gasteiger partial charge in [0.05, 0.1) is 61.9 Å². The van der Waals surface area contributed by atoms with Crippen LogP contribution in [0.15, 0.2) is 48.7 Å². The van der Waals surface area contributed by atoms with Gasteiger partial charge in [-0.2, -0.15) is 0 Å². The van der Waals surface area contributed by atoms with Crippen molar-refractivity contribution in [3.63, 3.8) is 0 Å². The molecule has 3 aliphatic rings. The van der Waals surface area contributed by atoms with E-state index in [9.17, 15) is 19.2 Å². The molecule has 0 aliphatic carbocycles. The van der Waals surface area contributed by atoms with Crippen molar-refractivity contribution in [1.82, 2.24) is 40.4 Å². The maximum absolute atomic E-state index is 14.0. The van der Waals surface area contributed by atoms with Crippen molar-refractivity contribution in [1.29, 1.82) is 0 Å². The molecule has 63 heavy (non-hydrogen) atoms. The Bertz CT molecular complexity index is 2540. The summed E-state index contributed by atoms with van der Waals surface area (Å²) >= 11 is 0. The Kier molecular flexibility index (Phi) is 12.3. The van der Waals surface area contributed by atoms with Crippen LogP contribution in [0.4, 0.5) is 9.59 Å². The topological polar surface area (TPSA) is 202 Å². The Balaban J connectivity index is 1.05. The number of likely N-dealkylation sites (tertiary alicyclic amines) is 2. The fourth-order valence-electron chi connectivity index (χ4n) is 9.44. The number of benzene rings is 3. The minimum atomic E-state index is -0.963. The molecule has 3 unspecified atom stereocenters. The molecule has 3 aromatic carbocycles. The van der Waals surface area contributed by atoms with Gasteiger partial charge in [-0.3, -0.25) is 9.59 Å². The number of H-pyrrole nitrogens is 2. The van der Waals surface area contributed by atoms with Gasteiger partial charge in [0.15, 0.2) is 0 Å². The number of amides is 4. The van der Waals surface area contributed by atoms with Crippen molar-refractivity contribution in [2.75, 3.05) is 41.6 Å². The highest BCUT2D eigenvalue weighted by atomic mass is 16.5. The van der Waals surface area contributed by atoms with Crippen LogP contribution in [0.3, 0.4) is 0 Å². The van der Waals surface area contributed by atoms with Crippen LogP contribution in [0.1, 0.15) is 76.3 Å². The maximum Gasteiger partial charge on any atom is 0.407 e. The van der Waals surface area contributed by atoms with Crippen molar-refractivity contribution >= 4 is 45.8 Å². The summed E-state index contributed by atoms with van der Waals surface area (Å²) in [6.07, 6.45) is 1.99. The third-order valence-corrected chi connectivity index (χ3v) is 12.9. The molecule has 334 valence electrons. The van der Waals surface area contributed by atoms with Crippen molar-refractivity contribution in [2.24, 2.45) is 11.8 Å². The number of ether oxygens (including phenoxy) is 5. The van der Waals surface area contributed by atoms with Gasteiger partial charge in [-0.15, -0.1) is 0 Å². The predicted octanol–water partition coefficient (Wildman–Crippen LogP) is 6.39. The number of carbonyl (C=O) groups excluding carboxylic acids is 4. The lowest BCUT2D eigenvalue weighted by molar-refractivity contribution is -0.138. The molecule has 8 rings (SSSR count). The molecule has 17 nitrogen and oxygen atoms in total. The molecular weight excluding hydrogens is 809 g/mol. The Labute approximate surface area is 365 Å². The average Bonchev–Trinajstić information content (AvgIpc) is 4.11. The standard InChI is InChI=1S/C46H56N8O9/c1-23(2)38(51-45(57)61-7)44(56)54-24(3)9-14-35(54)42-48-33-13-11-27-17-32-30-12-10-28(16-29(30)22-63-37(32)18-31(27)40(33)50-42)34-19-47-41(49-34)36-15-26(21-59-5)20-53(36)43(55)39(25(4)60-6)52-46(58)62-8/h10-13,16-19,23-26,35-36,38-39H,9,14-15,20-22H2,1-8H3,(H,47,49)(H,48,50)(H,51,57)(H,52,58)/t24-,25+,26?,35-,36?,38-,39?/m0/s1. The third kappa shape index (κ3) is 8.26. The first-order valence-electron chi connectivity index (χ1n) is 21.4. The Hall–Kier alpha value is -6.20. The van der Waals surface area contributed by atoms with Gasteiger partial charge in [-0.05, 0) is 85.4 Å². The number of nitrogens with one attached hydrogen (secondary N) is 4. The van der Waals surface area contributed by atoms with E-state index in [1.165, 1.54) is 21.3 Å². The number of fused-ring (bicyclic) bond motifs is 6. The average molecular weight is 865 g/mol. The molecule has 5 aromatic rings. The number of alkyl carbamates (subject to hydrolysis) is 2. The molecule has 0 saturated carbocycles. The summed E-state index contributed by atoms with van der Waals surface area (Å²) in [6.45, 7) is 8.82. The first-order valence-corrected chi connectivity index (χ1v) is 21.4. The van der Waals surface area contributed by atoms with Gasteiger partial charge in [0, 0.05) is 43.7 Å². The number of aromatic amines is 2. The van der Waals surface area contributed by atoms with Crippen LogP contribution >= 0.6 is 0 Å². The minimum Gasteiger partial charge on any atom is -0.488 e. The van der Waals surface area contributed by atoms with Gasteiger partial charge in [0.1, 0.15) is 36.1 Å². The Morgan fingerprint density at radius 1 is 0.873 bits per heavy atom. The lowest BCUT2D eigenvalue weighted by atomic mass is 9.92. The number of nitrogens with zero attached hydrogens (tertiary/aromatic N) is 4. The molecule has 2 aromatic heterocycles. The highest BCUT2D eigenvalue weighted by Crippen LogP contribution is 2.44. The number of methoxy groups -OCH3 is 4. The van der Waals surface area contributed by atoms with E-state index in [2.05, 4.69) is 57.0 Å². The van der Waals surface area contributed by atoms with Gasteiger partial charge in [-0.25, -0.2) is 19.6 Å². The van der Waals surface area contributed by atoms with E-state index in [0.717, 1.165) is 68.3 Å². The molecule has 7 atom stereocenters. The van der Waals surface area contributed by atoms with Gasteiger partial charge < -0.3 is 54.1 Å². The molecule has 2 saturated heterocycles. The zero-order valence-corrected chi connectivity index (χ0v) is 36.9. The molecule has 2 fully saturated rings. The largest absolute Gasteiger partial charge is 0.488 e. The van der Waals surface area contributed by atoms with E-state index < -0.39 is 30.4 Å². The van der Waals surface area contributed by atoms with Gasteiger partial charge in [-0.1, -0.05) is 32.0 Å². The molecule has 3 aliphatic heterocycles. The molecule has 5 heterocycles. The summed E-state index contributed by atoms with van der Waals surface area (Å²) in [5.41, 5.74) is 6.43. The van der Waals surface area contributed by atoms with Crippen LogP contribution < -0.4 is 15.4 Å². The number of carbonyl (C=O) groups is 4. The SMILES string of the molecule is COCC1CC(c2ncc(-c3ccc4c(c3)COc3cc5c(ccc6nc([C@@H]7CC[C@H](C)N7C(=O)[C@@H](NC(=O)OC)C(C)C)[nH]c65)cc3-4)[nH]2)N(C(=O)C(NC(=O)OC)[C@@H](C)OC)C1. The second-order valence-corrected chi connectivity index (χ2v) is 17.2. The summed E-state index contributed by atoms with van der Waals surface area (Å²) in [7, 11) is 5.68. The predicted molar refractivity (Wildman–Crippen MR) is 234 cm³/mol. The monoisotopic (exact) mass is 864 g/mol. The van der Waals surface area contributed by atoms with Crippen molar-refractivity contribution in [3.05, 3.63) is 65.9 Å². The summed E-state index contributed by atoms with van der Waals surface area (Å²) in [5.74, 6) is 1.57. The third-order valence-electron chi connectivity index (χ3n) is 12.9. The quantitative estimate of drug-likeness (QED) is 0.108. The van der Waals surface area contributed by atoms with Crippen molar-refractivity contribution in [2.45, 2.75) is 89.9 Å². The molecular formula is C46H56N8O9. The van der Waals surface area contributed by atoms with Crippen LogP contribution in [0.5, 0.6) is 5.75 Å². The van der Waals surface area contributed by atoms with E-state index in [4.69, 9.17) is 33.7 Å². The first-order chi connectivity index (χ1) is 30.3. The highest BCUT2D eigenvalue weighted by Gasteiger charge is 2.43. The van der Waals surface area contributed by atoms with E-state index in [-0.39, 0.29) is 41.8 Å². The van der Waals surface area contributed by atoms with Crippen molar-refractivity contribution < 1.29 is 42.9 Å². The molecule has 4 N–H and O–H groups in total. The summed E-state index contributed by atoms with van der Waals surface area (Å²) in [6, 6.07) is 12.1. The maximum atomic E-state index is 14.0. The zero-order chi connectivity index (χ0) is 44.7. The van der Waals surface area contributed by atoms with E-state index in [1.807, 2.05) is 31.7 Å². The lowest BCUT2D eigenvalue weighted by Gasteiger charge is -2.32. The molecule has 4 amide bonds. The van der Waals surface area contributed by atoms with Crippen LogP contribution in [0, 0.1) is 11.8 Å². The van der Waals surface area contributed by atoms with Gasteiger partial charge in [0.25, 0.3) is 0 Å². The first kappa shape index (κ1) is 43.4. The smallest absolute Gasteiger partial charge is 0.407 e. The highest BCUT2D eigenvalue weighted by molar-refractivity contribution is 6.07. The van der Waals surface area contributed by atoms with Crippen molar-refractivity contribution in [3.8, 4) is 28.1 Å². The molecule has 0 bridgehead atoms. The van der Waals surface area contributed by atoms with Gasteiger partial charge in [0.2, 0.25) is 11.8 Å². The number of hydrogen-bond donors (Lipinski definition) is 4. The summed E-state index contributed by atoms with van der Waals surface area (Å²) in [5, 5.41) is 7.35. The second kappa shape index (κ2) is 17.9. The fourth-order valence-corrected chi connectivity index (χ4v) is 9.44. The molecule has 17 heteroatoms. The van der Waals surface area contributed by atoms with E-state index >= 15 is 0 Å². The second-order valence-electron chi connectivity index (χ2n) is 17.2. The zero-order valence-electron chi connectivity index (χ0n) is 36.9. The van der Waals surface area contributed by atoms with E-state index in [0.29, 0.717) is 37.8 Å². The number of aromatic nitrogens is 4. The van der Waals surface area contributed by atoms with E-state index in [1.54, 1.807) is 25.1 Å². The lowest BCUT2D eigenvalue weighted by Crippen LogP contribution is -2.54. The number of imidazole rings is 2. The fraction of sp³-hybridized carbons (Fsp3) is 0.478. The Morgan fingerprint density at radius 3 is 2.35 bits per heavy atom. The van der Waals surface area contributed by atoms with Crippen LogP contribution in [-0.2, 0) is 35.1 Å². The molecule has 0 spiro atoms. The van der Waals surface area contributed by atoms with Crippen LogP contribution in [-0.4, -0.2) is 120 Å². The molecule has 0 radical (unpaired) electrons. The number of hydrogen-bond acceptors (Lipinski definition) is 11. The normalized spacial score (nSPS) is 20.8. The van der Waals surface area contributed by atoms with Crippen LogP contribution in [0.25, 0.3) is 44.2 Å². The number of rotatable bonds is 12.